The van der Waals surface area contributed by atoms with E-state index in [9.17, 15) is 18.0 Å². The first-order chi connectivity index (χ1) is 8.26. The molecule has 8 nitrogen and oxygen atoms in total. The van der Waals surface area contributed by atoms with Crippen LogP contribution in [0.25, 0.3) is 0 Å². The zero-order chi connectivity index (χ0) is 13.9. The van der Waals surface area contributed by atoms with Gasteiger partial charge in [-0.3, -0.25) is 0 Å². The number of aliphatic carboxylic acids is 1. The Morgan fingerprint density at radius 3 is 2.50 bits per heavy atom. The topological polar surface area (TPSA) is 124 Å². The molecule has 0 aromatic heterocycles. The van der Waals surface area contributed by atoms with Gasteiger partial charge in [0.15, 0.2) is 15.9 Å². The summed E-state index contributed by atoms with van der Waals surface area (Å²) >= 11 is 0. The lowest BCUT2D eigenvalue weighted by Crippen LogP contribution is -2.51. The zero-order valence-corrected chi connectivity index (χ0v) is 10.7. The number of nitrogens with zero attached hydrogens (tertiary/aromatic N) is 1. The molecule has 1 aliphatic rings. The van der Waals surface area contributed by atoms with Gasteiger partial charge < -0.3 is 20.4 Å². The van der Waals surface area contributed by atoms with E-state index in [4.69, 9.17) is 10.2 Å². The maximum atomic E-state index is 11.7. The first-order valence-corrected chi connectivity index (χ1v) is 7.16. The van der Waals surface area contributed by atoms with Gasteiger partial charge in [0.1, 0.15) is 0 Å². The molecule has 0 bridgehead atoms. The number of aliphatic hydroxyl groups excluding tert-OH is 1. The number of carbonyl (C=O) groups excluding carboxylic acids is 1. The van der Waals surface area contributed by atoms with E-state index in [1.165, 1.54) is 7.05 Å². The van der Waals surface area contributed by atoms with E-state index >= 15 is 0 Å². The van der Waals surface area contributed by atoms with Gasteiger partial charge in [0.05, 0.1) is 18.1 Å². The lowest BCUT2D eigenvalue weighted by Gasteiger charge is -2.25. The Kier molecular flexibility index (Phi) is 4.52. The molecule has 2 amide bonds. The third-order valence-electron chi connectivity index (χ3n) is 2.85. The second-order valence-corrected chi connectivity index (χ2v) is 6.42. The number of amides is 2. The molecule has 1 heterocycles. The molecular formula is C9H16N2O6S. The molecule has 1 aliphatic heterocycles. The van der Waals surface area contributed by atoms with Crippen LogP contribution in [0.4, 0.5) is 4.79 Å². The van der Waals surface area contributed by atoms with Crippen molar-refractivity contribution in [3.05, 3.63) is 0 Å². The van der Waals surface area contributed by atoms with Crippen LogP contribution in [-0.2, 0) is 14.6 Å². The van der Waals surface area contributed by atoms with Crippen molar-refractivity contribution in [1.82, 2.24) is 10.2 Å². The summed E-state index contributed by atoms with van der Waals surface area (Å²) in [5.74, 6) is -1.44. The molecule has 1 saturated heterocycles. The molecule has 0 radical (unpaired) electrons. The number of aliphatic hydroxyl groups is 1. The van der Waals surface area contributed by atoms with Gasteiger partial charge in [-0.2, -0.15) is 0 Å². The van der Waals surface area contributed by atoms with E-state index in [-0.39, 0.29) is 11.5 Å². The largest absolute Gasteiger partial charge is 0.480 e. The molecule has 0 aromatic rings. The molecule has 0 saturated carbocycles. The van der Waals surface area contributed by atoms with E-state index < -0.39 is 40.5 Å². The number of carboxylic acids is 1. The predicted octanol–water partition coefficient (Wildman–Crippen LogP) is -1.74. The van der Waals surface area contributed by atoms with Crippen molar-refractivity contribution in [3.8, 4) is 0 Å². The Bertz CT molecular complexity index is 434. The number of rotatable bonds is 4. The van der Waals surface area contributed by atoms with E-state index in [2.05, 4.69) is 5.32 Å². The molecule has 9 heteroatoms. The Morgan fingerprint density at radius 2 is 2.11 bits per heavy atom. The van der Waals surface area contributed by atoms with E-state index in [0.717, 1.165) is 4.90 Å². The average Bonchev–Trinajstić information content (AvgIpc) is 2.64. The Labute approximate surface area is 104 Å². The minimum absolute atomic E-state index is 0.0254. The third kappa shape index (κ3) is 3.57. The summed E-state index contributed by atoms with van der Waals surface area (Å²) < 4.78 is 22.5. The quantitative estimate of drug-likeness (QED) is 0.561. The van der Waals surface area contributed by atoms with Crippen molar-refractivity contribution in [1.29, 1.82) is 0 Å². The Balaban J connectivity index is 2.59. The van der Waals surface area contributed by atoms with Gasteiger partial charge in [-0.05, 0) is 6.42 Å². The highest BCUT2D eigenvalue weighted by molar-refractivity contribution is 7.91. The SMILES string of the molecule is CN(C(=O)NC(CO)C(=O)O)C1CCS(=O)(=O)C1. The summed E-state index contributed by atoms with van der Waals surface area (Å²) in [5.41, 5.74) is 0. The highest BCUT2D eigenvalue weighted by atomic mass is 32.2. The number of nitrogens with one attached hydrogen (secondary N) is 1. The minimum atomic E-state index is -3.11. The van der Waals surface area contributed by atoms with Gasteiger partial charge in [-0.1, -0.05) is 0 Å². The third-order valence-corrected chi connectivity index (χ3v) is 4.61. The fraction of sp³-hybridized carbons (Fsp3) is 0.778. The number of hydrogen-bond acceptors (Lipinski definition) is 5. The first kappa shape index (κ1) is 14.7. The summed E-state index contributed by atoms with van der Waals surface area (Å²) in [6.07, 6.45) is 0.336. The summed E-state index contributed by atoms with van der Waals surface area (Å²) in [4.78, 5) is 23.4. The van der Waals surface area contributed by atoms with Crippen LogP contribution >= 0.6 is 0 Å². The smallest absolute Gasteiger partial charge is 0.328 e. The number of sulfone groups is 1. The monoisotopic (exact) mass is 280 g/mol. The van der Waals surface area contributed by atoms with Gasteiger partial charge in [0.25, 0.3) is 0 Å². The minimum Gasteiger partial charge on any atom is -0.480 e. The lowest BCUT2D eigenvalue weighted by atomic mass is 10.2. The van der Waals surface area contributed by atoms with E-state index in [1.54, 1.807) is 0 Å². The second kappa shape index (κ2) is 5.53. The first-order valence-electron chi connectivity index (χ1n) is 5.34. The van der Waals surface area contributed by atoms with Crippen molar-refractivity contribution in [3.63, 3.8) is 0 Å². The maximum absolute atomic E-state index is 11.7. The molecule has 1 fully saturated rings. The number of hydrogen-bond donors (Lipinski definition) is 3. The van der Waals surface area contributed by atoms with Crippen LogP contribution in [-0.4, -0.2) is 72.8 Å². The van der Waals surface area contributed by atoms with Crippen molar-refractivity contribution in [2.75, 3.05) is 25.2 Å². The average molecular weight is 280 g/mol. The van der Waals surface area contributed by atoms with Crippen LogP contribution in [0.15, 0.2) is 0 Å². The van der Waals surface area contributed by atoms with Crippen LogP contribution in [0, 0.1) is 0 Å². The van der Waals surface area contributed by atoms with Gasteiger partial charge in [0.2, 0.25) is 0 Å². The maximum Gasteiger partial charge on any atom is 0.328 e. The Morgan fingerprint density at radius 1 is 1.50 bits per heavy atom. The molecule has 0 aromatic carbocycles. The molecular weight excluding hydrogens is 264 g/mol. The van der Waals surface area contributed by atoms with E-state index in [0.29, 0.717) is 6.42 Å². The lowest BCUT2D eigenvalue weighted by molar-refractivity contribution is -0.140. The predicted molar refractivity (Wildman–Crippen MR) is 61.9 cm³/mol. The molecule has 2 unspecified atom stereocenters. The van der Waals surface area contributed by atoms with E-state index in [1.807, 2.05) is 0 Å². The van der Waals surface area contributed by atoms with Crippen LogP contribution in [0.1, 0.15) is 6.42 Å². The molecule has 0 spiro atoms. The standard InChI is InChI=1S/C9H16N2O6S/c1-11(6-2-3-18(16,17)5-6)9(15)10-7(4-12)8(13)14/h6-7,12H,2-5H2,1H3,(H,10,15)(H,13,14). The van der Waals surface area contributed by atoms with Crippen LogP contribution in [0.5, 0.6) is 0 Å². The van der Waals surface area contributed by atoms with Crippen molar-refractivity contribution < 1.29 is 28.2 Å². The molecule has 1 rings (SSSR count). The fourth-order valence-electron chi connectivity index (χ4n) is 1.68. The van der Waals surface area contributed by atoms with Gasteiger partial charge in [0, 0.05) is 13.1 Å². The van der Waals surface area contributed by atoms with Crippen LogP contribution in [0.3, 0.4) is 0 Å². The number of urea groups is 1. The molecule has 18 heavy (non-hydrogen) atoms. The Hall–Kier alpha value is -1.35. The van der Waals surface area contributed by atoms with Gasteiger partial charge in [-0.15, -0.1) is 0 Å². The second-order valence-electron chi connectivity index (χ2n) is 4.19. The van der Waals surface area contributed by atoms with Gasteiger partial charge in [-0.25, -0.2) is 18.0 Å². The van der Waals surface area contributed by atoms with Crippen LogP contribution < -0.4 is 5.32 Å². The van der Waals surface area contributed by atoms with Crippen LogP contribution in [0.2, 0.25) is 0 Å². The zero-order valence-electron chi connectivity index (χ0n) is 9.87. The molecule has 104 valence electrons. The molecule has 2 atom stereocenters. The number of carbonyl (C=O) groups is 2. The normalized spacial score (nSPS) is 23.3. The summed E-state index contributed by atoms with van der Waals surface area (Å²) in [6.45, 7) is -0.724. The summed E-state index contributed by atoms with van der Waals surface area (Å²) in [5, 5.41) is 19.5. The van der Waals surface area contributed by atoms with Crippen molar-refractivity contribution in [2.24, 2.45) is 0 Å². The highest BCUT2D eigenvalue weighted by Gasteiger charge is 2.33. The number of carboxylic acid groups (broad SMARTS) is 1. The summed E-state index contributed by atoms with van der Waals surface area (Å²) in [6, 6.07) is -2.56. The molecule has 0 aliphatic carbocycles. The van der Waals surface area contributed by atoms with Gasteiger partial charge >= 0.3 is 12.0 Å². The van der Waals surface area contributed by atoms with Crippen molar-refractivity contribution >= 4 is 21.8 Å². The molecule has 3 N–H and O–H groups in total. The van der Waals surface area contributed by atoms with Crippen molar-refractivity contribution in [2.45, 2.75) is 18.5 Å². The summed E-state index contributed by atoms with van der Waals surface area (Å²) in [7, 11) is -1.71. The highest BCUT2D eigenvalue weighted by Crippen LogP contribution is 2.16. The fourth-order valence-corrected chi connectivity index (χ4v) is 3.46.